The number of benzene rings is 1. The van der Waals surface area contributed by atoms with Gasteiger partial charge in [0.05, 0.1) is 17.7 Å². The summed E-state index contributed by atoms with van der Waals surface area (Å²) in [6.45, 7) is 2.70. The summed E-state index contributed by atoms with van der Waals surface area (Å²) in [6.07, 6.45) is 2.99. The Morgan fingerprint density at radius 3 is 2.68 bits per heavy atom. The van der Waals surface area contributed by atoms with E-state index in [4.69, 9.17) is 5.26 Å². The van der Waals surface area contributed by atoms with Gasteiger partial charge in [0.2, 0.25) is 5.91 Å². The second kappa shape index (κ2) is 6.35. The molecule has 1 aromatic rings. The maximum absolute atomic E-state index is 11.7. The van der Waals surface area contributed by atoms with Gasteiger partial charge in [0.1, 0.15) is 0 Å². The Hall–Kier alpha value is -1.86. The highest BCUT2D eigenvalue weighted by Gasteiger charge is 2.20. The summed E-state index contributed by atoms with van der Waals surface area (Å²) in [6, 6.07) is 10.0. The van der Waals surface area contributed by atoms with Crippen molar-refractivity contribution in [1.29, 1.82) is 5.26 Å². The van der Waals surface area contributed by atoms with E-state index in [1.807, 2.05) is 19.1 Å². The molecule has 1 aliphatic rings. The van der Waals surface area contributed by atoms with Gasteiger partial charge in [0.15, 0.2) is 0 Å². The van der Waals surface area contributed by atoms with Crippen molar-refractivity contribution >= 4 is 5.91 Å². The number of carbonyl (C=O) groups is 1. The highest BCUT2D eigenvalue weighted by atomic mass is 16.1. The SMILES string of the molecule is CC(NC(=O)CCNC1CC1)c1ccc(C#N)cc1. The summed E-state index contributed by atoms with van der Waals surface area (Å²) in [7, 11) is 0. The predicted molar refractivity (Wildman–Crippen MR) is 73.4 cm³/mol. The van der Waals surface area contributed by atoms with Crippen molar-refractivity contribution in [2.75, 3.05) is 6.54 Å². The average Bonchev–Trinajstić information content (AvgIpc) is 3.23. The third-order valence-electron chi connectivity index (χ3n) is 3.28. The Kier molecular flexibility index (Phi) is 4.53. The number of rotatable bonds is 6. The van der Waals surface area contributed by atoms with Crippen molar-refractivity contribution < 1.29 is 4.79 Å². The molecule has 1 fully saturated rings. The van der Waals surface area contributed by atoms with Gasteiger partial charge in [-0.3, -0.25) is 4.79 Å². The van der Waals surface area contributed by atoms with Crippen LogP contribution in [-0.4, -0.2) is 18.5 Å². The zero-order valence-electron chi connectivity index (χ0n) is 11.1. The number of hydrogen-bond acceptors (Lipinski definition) is 3. The highest BCUT2D eigenvalue weighted by Crippen LogP contribution is 2.18. The third-order valence-corrected chi connectivity index (χ3v) is 3.28. The fourth-order valence-electron chi connectivity index (χ4n) is 1.92. The van der Waals surface area contributed by atoms with Crippen LogP contribution < -0.4 is 10.6 Å². The van der Waals surface area contributed by atoms with Crippen LogP contribution in [0.2, 0.25) is 0 Å². The fraction of sp³-hybridized carbons (Fsp3) is 0.467. The molecule has 2 N–H and O–H groups in total. The van der Waals surface area contributed by atoms with E-state index in [2.05, 4.69) is 16.7 Å². The minimum atomic E-state index is -0.0267. The summed E-state index contributed by atoms with van der Waals surface area (Å²) >= 11 is 0. The summed E-state index contributed by atoms with van der Waals surface area (Å²) in [5.74, 6) is 0.0602. The molecular weight excluding hydrogens is 238 g/mol. The van der Waals surface area contributed by atoms with Crippen molar-refractivity contribution in [3.8, 4) is 6.07 Å². The largest absolute Gasteiger partial charge is 0.350 e. The molecule has 1 aliphatic carbocycles. The third kappa shape index (κ3) is 4.38. The molecule has 4 heteroatoms. The number of nitriles is 1. The van der Waals surface area contributed by atoms with Gasteiger partial charge in [-0.05, 0) is 37.5 Å². The molecule has 100 valence electrons. The Morgan fingerprint density at radius 1 is 1.42 bits per heavy atom. The first-order valence-corrected chi connectivity index (χ1v) is 6.72. The molecule has 0 radical (unpaired) electrons. The summed E-state index contributed by atoms with van der Waals surface area (Å²) in [5.41, 5.74) is 1.65. The van der Waals surface area contributed by atoms with Crippen molar-refractivity contribution in [3.05, 3.63) is 35.4 Å². The normalized spacial score (nSPS) is 15.6. The summed E-state index contributed by atoms with van der Waals surface area (Å²) in [5, 5.41) is 15.0. The topological polar surface area (TPSA) is 64.9 Å². The number of carbonyl (C=O) groups excluding carboxylic acids is 1. The molecule has 1 aromatic carbocycles. The lowest BCUT2D eigenvalue weighted by molar-refractivity contribution is -0.121. The van der Waals surface area contributed by atoms with Crippen molar-refractivity contribution in [2.24, 2.45) is 0 Å². The van der Waals surface area contributed by atoms with Gasteiger partial charge in [0.25, 0.3) is 0 Å². The molecule has 1 saturated carbocycles. The van der Waals surface area contributed by atoms with Gasteiger partial charge in [0, 0.05) is 19.0 Å². The molecule has 4 nitrogen and oxygen atoms in total. The van der Waals surface area contributed by atoms with Gasteiger partial charge in [-0.2, -0.15) is 5.26 Å². The van der Waals surface area contributed by atoms with Crippen LogP contribution in [0.1, 0.15) is 43.4 Å². The number of hydrogen-bond donors (Lipinski definition) is 2. The summed E-state index contributed by atoms with van der Waals surface area (Å²) in [4.78, 5) is 11.7. The zero-order chi connectivity index (χ0) is 13.7. The summed E-state index contributed by atoms with van der Waals surface area (Å²) < 4.78 is 0. The molecule has 1 unspecified atom stereocenters. The first-order valence-electron chi connectivity index (χ1n) is 6.72. The molecule has 0 aliphatic heterocycles. The van der Waals surface area contributed by atoms with Crippen LogP contribution in [0.4, 0.5) is 0 Å². The first-order chi connectivity index (χ1) is 9.19. The quantitative estimate of drug-likeness (QED) is 0.817. The lowest BCUT2D eigenvalue weighted by atomic mass is 10.1. The molecule has 0 bridgehead atoms. The zero-order valence-corrected chi connectivity index (χ0v) is 11.1. The number of nitrogens with one attached hydrogen (secondary N) is 2. The van der Waals surface area contributed by atoms with E-state index < -0.39 is 0 Å². The molecule has 0 saturated heterocycles. The van der Waals surface area contributed by atoms with Crippen LogP contribution in [0.15, 0.2) is 24.3 Å². The van der Waals surface area contributed by atoms with Gasteiger partial charge in [-0.15, -0.1) is 0 Å². The lowest BCUT2D eigenvalue weighted by Gasteiger charge is -2.14. The minimum Gasteiger partial charge on any atom is -0.350 e. The average molecular weight is 257 g/mol. The maximum Gasteiger partial charge on any atom is 0.221 e. The minimum absolute atomic E-state index is 0.0267. The molecule has 1 amide bonds. The van der Waals surface area contributed by atoms with Crippen LogP contribution in [0.5, 0.6) is 0 Å². The van der Waals surface area contributed by atoms with Crippen molar-refractivity contribution in [3.63, 3.8) is 0 Å². The van der Waals surface area contributed by atoms with Crippen LogP contribution in [0.25, 0.3) is 0 Å². The van der Waals surface area contributed by atoms with E-state index in [9.17, 15) is 4.79 Å². The second-order valence-electron chi connectivity index (χ2n) is 5.00. The van der Waals surface area contributed by atoms with E-state index in [1.54, 1.807) is 12.1 Å². The molecule has 0 heterocycles. The van der Waals surface area contributed by atoms with Crippen LogP contribution in [0, 0.1) is 11.3 Å². The van der Waals surface area contributed by atoms with Crippen molar-refractivity contribution in [2.45, 2.75) is 38.3 Å². The van der Waals surface area contributed by atoms with Gasteiger partial charge in [-0.1, -0.05) is 12.1 Å². The predicted octanol–water partition coefficient (Wildman–Crippen LogP) is 1.88. The smallest absolute Gasteiger partial charge is 0.221 e. The Labute approximate surface area is 113 Å². The lowest BCUT2D eigenvalue weighted by Crippen LogP contribution is -2.30. The van der Waals surface area contributed by atoms with Gasteiger partial charge >= 0.3 is 0 Å². The molecular formula is C15H19N3O. The Balaban J connectivity index is 1.76. The molecule has 0 aromatic heterocycles. The highest BCUT2D eigenvalue weighted by molar-refractivity contribution is 5.76. The van der Waals surface area contributed by atoms with E-state index in [0.717, 1.165) is 12.1 Å². The van der Waals surface area contributed by atoms with Gasteiger partial charge in [-0.25, -0.2) is 0 Å². The van der Waals surface area contributed by atoms with E-state index >= 15 is 0 Å². The molecule has 2 rings (SSSR count). The molecule has 19 heavy (non-hydrogen) atoms. The monoisotopic (exact) mass is 257 g/mol. The van der Waals surface area contributed by atoms with Crippen LogP contribution in [0.3, 0.4) is 0 Å². The van der Waals surface area contributed by atoms with Crippen molar-refractivity contribution in [1.82, 2.24) is 10.6 Å². The second-order valence-corrected chi connectivity index (χ2v) is 5.00. The number of amides is 1. The standard InChI is InChI=1S/C15H19N3O/c1-11(13-4-2-12(10-16)3-5-13)18-15(19)8-9-17-14-6-7-14/h2-5,11,14,17H,6-9H2,1H3,(H,18,19). The van der Waals surface area contributed by atoms with E-state index in [0.29, 0.717) is 18.0 Å². The van der Waals surface area contributed by atoms with E-state index in [-0.39, 0.29) is 11.9 Å². The van der Waals surface area contributed by atoms with Crippen LogP contribution >= 0.6 is 0 Å². The Bertz CT molecular complexity index is 471. The molecule has 0 spiro atoms. The fourth-order valence-corrected chi connectivity index (χ4v) is 1.92. The Morgan fingerprint density at radius 2 is 2.11 bits per heavy atom. The molecule has 1 atom stereocenters. The van der Waals surface area contributed by atoms with Crippen LogP contribution in [-0.2, 0) is 4.79 Å². The van der Waals surface area contributed by atoms with Gasteiger partial charge < -0.3 is 10.6 Å². The number of nitrogens with zero attached hydrogens (tertiary/aromatic N) is 1. The van der Waals surface area contributed by atoms with E-state index in [1.165, 1.54) is 12.8 Å². The first kappa shape index (κ1) is 13.6. The maximum atomic E-state index is 11.7.